The highest BCUT2D eigenvalue weighted by atomic mass is 35.5. The number of benzene rings is 2. The molecule has 21 heavy (non-hydrogen) atoms. The maximum Gasteiger partial charge on any atom is 0.258 e. The molecule has 5 heteroatoms. The first-order chi connectivity index (χ1) is 10.0. The van der Waals surface area contributed by atoms with Gasteiger partial charge in [-0.05, 0) is 42.8 Å². The Morgan fingerprint density at radius 1 is 1.14 bits per heavy atom. The molecule has 0 heterocycles. The van der Waals surface area contributed by atoms with Crippen molar-refractivity contribution in [2.45, 2.75) is 13.3 Å². The molecule has 2 N–H and O–H groups in total. The predicted molar refractivity (Wildman–Crippen MR) is 89.3 cm³/mol. The maximum atomic E-state index is 12.7. The zero-order valence-electron chi connectivity index (χ0n) is 11.6. The molecule has 0 saturated heterocycles. The van der Waals surface area contributed by atoms with Crippen LogP contribution < -0.4 is 10.6 Å². The molecule has 0 aromatic heterocycles. The molecule has 0 saturated carbocycles. The standard InChI is InChI=1S/C16H16Cl2N2O/c1-2-8-20(13-5-3-4-12(19)10-13)16(21)11-6-7-14(17)15(18)9-11/h3-7,9-10H,2,8,19H2,1H3. The Kier molecular flexibility index (Phi) is 5.10. The van der Waals surface area contributed by atoms with Gasteiger partial charge >= 0.3 is 0 Å². The van der Waals surface area contributed by atoms with E-state index >= 15 is 0 Å². The number of hydrogen-bond donors (Lipinski definition) is 1. The first-order valence-electron chi connectivity index (χ1n) is 6.65. The predicted octanol–water partition coefficient (Wildman–Crippen LogP) is 4.63. The minimum absolute atomic E-state index is 0.124. The normalized spacial score (nSPS) is 10.4. The molecule has 110 valence electrons. The van der Waals surface area contributed by atoms with Gasteiger partial charge in [-0.25, -0.2) is 0 Å². The van der Waals surface area contributed by atoms with E-state index in [1.807, 2.05) is 19.1 Å². The average Bonchev–Trinajstić information content (AvgIpc) is 2.47. The van der Waals surface area contributed by atoms with Crippen LogP contribution in [0.4, 0.5) is 11.4 Å². The van der Waals surface area contributed by atoms with Gasteiger partial charge in [0.2, 0.25) is 0 Å². The minimum atomic E-state index is -0.124. The van der Waals surface area contributed by atoms with E-state index in [0.717, 1.165) is 12.1 Å². The highest BCUT2D eigenvalue weighted by Crippen LogP contribution is 2.25. The Bertz CT molecular complexity index is 658. The summed E-state index contributed by atoms with van der Waals surface area (Å²) in [4.78, 5) is 14.4. The fraction of sp³-hybridized carbons (Fsp3) is 0.188. The number of amides is 1. The summed E-state index contributed by atoms with van der Waals surface area (Å²) < 4.78 is 0. The summed E-state index contributed by atoms with van der Waals surface area (Å²) in [5, 5.41) is 0.797. The third kappa shape index (κ3) is 3.69. The third-order valence-corrected chi connectivity index (χ3v) is 3.78. The van der Waals surface area contributed by atoms with Crippen molar-refractivity contribution in [3.8, 4) is 0 Å². The Labute approximate surface area is 134 Å². The van der Waals surface area contributed by atoms with E-state index in [2.05, 4.69) is 0 Å². The van der Waals surface area contributed by atoms with Crippen molar-refractivity contribution in [2.24, 2.45) is 0 Å². The second kappa shape index (κ2) is 6.83. The number of anilines is 2. The number of halogens is 2. The van der Waals surface area contributed by atoms with Gasteiger partial charge in [0.1, 0.15) is 0 Å². The number of nitrogens with zero attached hydrogens (tertiary/aromatic N) is 1. The number of nitrogens with two attached hydrogens (primary N) is 1. The van der Waals surface area contributed by atoms with Crippen molar-refractivity contribution in [3.63, 3.8) is 0 Å². The summed E-state index contributed by atoms with van der Waals surface area (Å²) in [5.41, 5.74) is 7.69. The lowest BCUT2D eigenvalue weighted by atomic mass is 10.1. The van der Waals surface area contributed by atoms with Gasteiger partial charge in [0.15, 0.2) is 0 Å². The third-order valence-electron chi connectivity index (χ3n) is 3.04. The highest BCUT2D eigenvalue weighted by Gasteiger charge is 2.18. The zero-order valence-corrected chi connectivity index (χ0v) is 13.2. The summed E-state index contributed by atoms with van der Waals surface area (Å²) in [6.45, 7) is 2.62. The van der Waals surface area contributed by atoms with Crippen LogP contribution in [0.1, 0.15) is 23.7 Å². The van der Waals surface area contributed by atoms with E-state index in [0.29, 0.717) is 27.8 Å². The Balaban J connectivity index is 2.37. The minimum Gasteiger partial charge on any atom is -0.399 e. The summed E-state index contributed by atoms with van der Waals surface area (Å²) in [6, 6.07) is 12.1. The molecular formula is C16H16Cl2N2O. The molecule has 0 bridgehead atoms. The Hall–Kier alpha value is -1.71. The van der Waals surface area contributed by atoms with Crippen LogP contribution >= 0.6 is 23.2 Å². The van der Waals surface area contributed by atoms with Crippen LogP contribution in [0, 0.1) is 0 Å². The summed E-state index contributed by atoms with van der Waals surface area (Å²) in [5.74, 6) is -0.124. The van der Waals surface area contributed by atoms with E-state index in [4.69, 9.17) is 28.9 Å². The SMILES string of the molecule is CCCN(C(=O)c1ccc(Cl)c(Cl)c1)c1cccc(N)c1. The molecule has 0 radical (unpaired) electrons. The van der Waals surface area contributed by atoms with Crippen LogP contribution in [-0.4, -0.2) is 12.5 Å². The van der Waals surface area contributed by atoms with E-state index in [-0.39, 0.29) is 5.91 Å². The van der Waals surface area contributed by atoms with Crippen molar-refractivity contribution in [1.82, 2.24) is 0 Å². The van der Waals surface area contributed by atoms with Gasteiger partial charge in [0.05, 0.1) is 10.0 Å². The van der Waals surface area contributed by atoms with Crippen molar-refractivity contribution < 1.29 is 4.79 Å². The molecule has 2 rings (SSSR count). The molecule has 1 amide bonds. The van der Waals surface area contributed by atoms with Gasteiger partial charge in [0.25, 0.3) is 5.91 Å². The molecule has 0 unspecified atom stereocenters. The summed E-state index contributed by atoms with van der Waals surface area (Å²) >= 11 is 11.9. The van der Waals surface area contributed by atoms with Gasteiger partial charge < -0.3 is 10.6 Å². The zero-order chi connectivity index (χ0) is 15.4. The number of carbonyl (C=O) groups excluding carboxylic acids is 1. The Morgan fingerprint density at radius 2 is 1.90 bits per heavy atom. The average molecular weight is 323 g/mol. The first-order valence-corrected chi connectivity index (χ1v) is 7.41. The van der Waals surface area contributed by atoms with Crippen molar-refractivity contribution in [1.29, 1.82) is 0 Å². The lowest BCUT2D eigenvalue weighted by Gasteiger charge is -2.23. The number of rotatable bonds is 4. The molecular weight excluding hydrogens is 307 g/mol. The van der Waals surface area contributed by atoms with Crippen molar-refractivity contribution >= 4 is 40.5 Å². The van der Waals surface area contributed by atoms with Crippen LogP contribution in [0.3, 0.4) is 0 Å². The summed E-state index contributed by atoms with van der Waals surface area (Å²) in [7, 11) is 0. The summed E-state index contributed by atoms with van der Waals surface area (Å²) in [6.07, 6.45) is 0.835. The second-order valence-electron chi connectivity index (χ2n) is 4.68. The van der Waals surface area contributed by atoms with Gasteiger partial charge in [0, 0.05) is 23.5 Å². The number of nitrogen functional groups attached to an aromatic ring is 1. The lowest BCUT2D eigenvalue weighted by Crippen LogP contribution is -2.31. The van der Waals surface area contributed by atoms with Gasteiger partial charge in [-0.1, -0.05) is 36.2 Å². The molecule has 0 aliphatic carbocycles. The second-order valence-corrected chi connectivity index (χ2v) is 5.50. The Morgan fingerprint density at radius 3 is 2.52 bits per heavy atom. The van der Waals surface area contributed by atoms with Crippen molar-refractivity contribution in [2.75, 3.05) is 17.2 Å². The fourth-order valence-corrected chi connectivity index (χ4v) is 2.35. The van der Waals surface area contributed by atoms with Crippen LogP contribution in [0.5, 0.6) is 0 Å². The van der Waals surface area contributed by atoms with Crippen LogP contribution in [0.15, 0.2) is 42.5 Å². The lowest BCUT2D eigenvalue weighted by molar-refractivity contribution is 0.0987. The quantitative estimate of drug-likeness (QED) is 0.834. The smallest absolute Gasteiger partial charge is 0.258 e. The number of carbonyl (C=O) groups is 1. The molecule has 0 fully saturated rings. The van der Waals surface area contributed by atoms with E-state index in [9.17, 15) is 4.79 Å². The highest BCUT2D eigenvalue weighted by molar-refractivity contribution is 6.42. The monoisotopic (exact) mass is 322 g/mol. The van der Waals surface area contributed by atoms with E-state index < -0.39 is 0 Å². The number of hydrogen-bond acceptors (Lipinski definition) is 2. The van der Waals surface area contributed by atoms with Crippen LogP contribution in [0.25, 0.3) is 0 Å². The molecule has 3 nitrogen and oxygen atoms in total. The topological polar surface area (TPSA) is 46.3 Å². The molecule has 2 aromatic rings. The fourth-order valence-electron chi connectivity index (χ4n) is 2.05. The molecule has 2 aromatic carbocycles. The first kappa shape index (κ1) is 15.7. The van der Waals surface area contributed by atoms with Gasteiger partial charge in [-0.15, -0.1) is 0 Å². The molecule has 0 aliphatic heterocycles. The molecule has 0 spiro atoms. The molecule has 0 atom stereocenters. The van der Waals surface area contributed by atoms with Gasteiger partial charge in [-0.3, -0.25) is 4.79 Å². The van der Waals surface area contributed by atoms with Crippen LogP contribution in [-0.2, 0) is 0 Å². The van der Waals surface area contributed by atoms with Gasteiger partial charge in [-0.2, -0.15) is 0 Å². The molecule has 0 aliphatic rings. The van der Waals surface area contributed by atoms with Crippen LogP contribution in [0.2, 0.25) is 10.0 Å². The largest absolute Gasteiger partial charge is 0.399 e. The van der Waals surface area contributed by atoms with E-state index in [1.54, 1.807) is 35.2 Å². The van der Waals surface area contributed by atoms with Crippen molar-refractivity contribution in [3.05, 3.63) is 58.1 Å². The van der Waals surface area contributed by atoms with E-state index in [1.165, 1.54) is 0 Å². The maximum absolute atomic E-state index is 12.7.